The number of nitriles is 1. The Morgan fingerprint density at radius 1 is 1.64 bits per heavy atom. The highest BCUT2D eigenvalue weighted by Gasteiger charge is 2.20. The average molecular weight is 187 g/mol. The lowest BCUT2D eigenvalue weighted by Gasteiger charge is -2.28. The zero-order valence-electron chi connectivity index (χ0n) is 7.53. The minimum absolute atomic E-state index is 0.204. The summed E-state index contributed by atoms with van der Waals surface area (Å²) in [6, 6.07) is 1.99. The van der Waals surface area contributed by atoms with Crippen LogP contribution >= 0.6 is 0 Å². The quantitative estimate of drug-likeness (QED) is 0.611. The zero-order valence-corrected chi connectivity index (χ0v) is 7.53. The molecule has 0 amide bonds. The van der Waals surface area contributed by atoms with Crippen molar-refractivity contribution < 1.29 is 4.74 Å². The lowest BCUT2D eigenvalue weighted by molar-refractivity contribution is -0.00692. The van der Waals surface area contributed by atoms with Crippen LogP contribution in [0, 0.1) is 23.2 Å². The largest absolute Gasteiger partial charge is 0.340 e. The fourth-order valence-corrected chi connectivity index (χ4v) is 1.08. The van der Waals surface area contributed by atoms with Crippen molar-refractivity contribution in [3.8, 4) is 17.9 Å². The summed E-state index contributed by atoms with van der Waals surface area (Å²) in [5.41, 5.74) is 0.468. The molecule has 2 aliphatic rings. The number of allylic oxidation sites excluding steroid dienone is 2. The summed E-state index contributed by atoms with van der Waals surface area (Å²) in [4.78, 5) is 4.06. The van der Waals surface area contributed by atoms with E-state index in [1.165, 1.54) is 6.21 Å². The molecule has 4 heteroatoms. The third kappa shape index (κ3) is 2.00. The van der Waals surface area contributed by atoms with Gasteiger partial charge in [0.1, 0.15) is 6.07 Å². The number of hydrogen-bond donors (Lipinski definition) is 1. The van der Waals surface area contributed by atoms with Gasteiger partial charge in [0.25, 0.3) is 0 Å². The van der Waals surface area contributed by atoms with E-state index in [4.69, 9.17) is 10.00 Å². The lowest BCUT2D eigenvalue weighted by atomic mass is 10.2. The number of nitrogens with zero attached hydrogens (tertiary/aromatic N) is 2. The molecular formula is C10H9N3O. The fourth-order valence-electron chi connectivity index (χ4n) is 1.08. The van der Waals surface area contributed by atoms with Crippen molar-refractivity contribution in [1.29, 1.82) is 5.26 Å². The van der Waals surface area contributed by atoms with Crippen molar-refractivity contribution in [3.63, 3.8) is 0 Å². The molecular weight excluding hydrogens is 178 g/mol. The number of aliphatic imine (C=N–C) groups is 1. The molecule has 0 bridgehead atoms. The van der Waals surface area contributed by atoms with Gasteiger partial charge in [-0.25, -0.2) is 4.99 Å². The summed E-state index contributed by atoms with van der Waals surface area (Å²) in [5, 5.41) is 11.7. The van der Waals surface area contributed by atoms with Gasteiger partial charge in [0.05, 0.1) is 11.7 Å². The normalized spacial score (nSPS) is 25.1. The second-order valence-electron chi connectivity index (χ2n) is 3.05. The Kier molecular flexibility index (Phi) is 2.60. The first-order valence-corrected chi connectivity index (χ1v) is 4.39. The van der Waals surface area contributed by atoms with E-state index >= 15 is 0 Å². The Bertz CT molecular complexity index is 376. The second kappa shape index (κ2) is 4.06. The number of ether oxygens (including phenoxy) is 1. The van der Waals surface area contributed by atoms with Crippen molar-refractivity contribution in [1.82, 2.24) is 5.32 Å². The summed E-state index contributed by atoms with van der Waals surface area (Å²) in [5.74, 6) is 5.57. The number of hydrogen-bond acceptors (Lipinski definition) is 4. The Labute approximate surface area is 82.3 Å². The highest BCUT2D eigenvalue weighted by atomic mass is 16.5. The van der Waals surface area contributed by atoms with Crippen molar-refractivity contribution in [3.05, 3.63) is 11.6 Å². The molecule has 0 spiro atoms. The van der Waals surface area contributed by atoms with Gasteiger partial charge in [-0.3, -0.25) is 0 Å². The fraction of sp³-hybridized carbons (Fsp3) is 0.400. The third-order valence-corrected chi connectivity index (χ3v) is 1.98. The number of nitrogens with one attached hydrogen (secondary N) is 1. The van der Waals surface area contributed by atoms with Crippen LogP contribution < -0.4 is 5.32 Å². The van der Waals surface area contributed by atoms with Crippen LogP contribution in [0.15, 0.2) is 16.6 Å². The molecule has 1 fully saturated rings. The lowest BCUT2D eigenvalue weighted by Crippen LogP contribution is -2.49. The van der Waals surface area contributed by atoms with Crippen molar-refractivity contribution >= 4 is 6.21 Å². The van der Waals surface area contributed by atoms with E-state index in [1.807, 2.05) is 6.07 Å². The van der Waals surface area contributed by atoms with Gasteiger partial charge in [-0.2, -0.15) is 5.26 Å². The monoisotopic (exact) mass is 187 g/mol. The minimum atomic E-state index is -0.427. The predicted octanol–water partition coefficient (Wildman–Crippen LogP) is -0.161. The molecule has 0 aromatic rings. The first-order chi connectivity index (χ1) is 6.88. The minimum Gasteiger partial charge on any atom is -0.340 e. The molecule has 2 rings (SSSR count). The standard InChI is InChI=1S/C10H9N3O/c11-4-8-2-1-3-10(13-5-8)14-9-6-12-7-9/h2,5,9-10,12H,6-7H2. The van der Waals surface area contributed by atoms with Gasteiger partial charge in [-0.05, 0) is 5.92 Å². The van der Waals surface area contributed by atoms with Crippen molar-refractivity contribution in [2.24, 2.45) is 4.99 Å². The second-order valence-corrected chi connectivity index (χ2v) is 3.05. The van der Waals surface area contributed by atoms with E-state index in [2.05, 4.69) is 22.2 Å². The molecule has 0 aliphatic carbocycles. The van der Waals surface area contributed by atoms with Gasteiger partial charge >= 0.3 is 0 Å². The van der Waals surface area contributed by atoms with Crippen LogP contribution in [-0.4, -0.2) is 31.6 Å². The summed E-state index contributed by atoms with van der Waals surface area (Å²) in [6.07, 6.45) is 2.81. The highest BCUT2D eigenvalue weighted by Crippen LogP contribution is 2.05. The van der Waals surface area contributed by atoms with E-state index in [9.17, 15) is 0 Å². The Morgan fingerprint density at radius 3 is 3.14 bits per heavy atom. The summed E-state index contributed by atoms with van der Waals surface area (Å²) in [6.45, 7) is 1.71. The molecule has 70 valence electrons. The van der Waals surface area contributed by atoms with Gasteiger partial charge in [0.2, 0.25) is 6.23 Å². The maximum absolute atomic E-state index is 8.61. The molecule has 0 radical (unpaired) electrons. The van der Waals surface area contributed by atoms with Crippen molar-refractivity contribution in [2.75, 3.05) is 13.1 Å². The van der Waals surface area contributed by atoms with Gasteiger partial charge < -0.3 is 10.1 Å². The van der Waals surface area contributed by atoms with E-state index in [1.54, 1.807) is 6.08 Å². The summed E-state index contributed by atoms with van der Waals surface area (Å²) < 4.78 is 5.52. The Morgan fingerprint density at radius 2 is 2.50 bits per heavy atom. The summed E-state index contributed by atoms with van der Waals surface area (Å²) >= 11 is 0. The van der Waals surface area contributed by atoms with E-state index < -0.39 is 6.23 Å². The Balaban J connectivity index is 1.96. The maximum atomic E-state index is 8.61. The third-order valence-electron chi connectivity index (χ3n) is 1.98. The first kappa shape index (κ1) is 8.96. The highest BCUT2D eigenvalue weighted by molar-refractivity contribution is 5.85. The van der Waals surface area contributed by atoms with Crippen LogP contribution in [0.2, 0.25) is 0 Å². The van der Waals surface area contributed by atoms with Gasteiger partial charge in [-0.1, -0.05) is 5.92 Å². The first-order valence-electron chi connectivity index (χ1n) is 4.39. The van der Waals surface area contributed by atoms with Crippen LogP contribution in [0.3, 0.4) is 0 Å². The molecule has 1 unspecified atom stereocenters. The average Bonchev–Trinajstić information content (AvgIpc) is 2.36. The molecule has 1 N–H and O–H groups in total. The van der Waals surface area contributed by atoms with Crippen molar-refractivity contribution in [2.45, 2.75) is 12.3 Å². The van der Waals surface area contributed by atoms with Gasteiger partial charge in [-0.15, -0.1) is 0 Å². The SMILES string of the molecule is N#CC1=CC#CC(OC2CNC2)N=C1. The molecule has 0 saturated carbocycles. The molecule has 14 heavy (non-hydrogen) atoms. The van der Waals surface area contributed by atoms with Gasteiger partial charge in [0, 0.05) is 25.4 Å². The van der Waals surface area contributed by atoms with E-state index in [-0.39, 0.29) is 6.10 Å². The zero-order chi connectivity index (χ0) is 9.80. The van der Waals surface area contributed by atoms with E-state index in [0.717, 1.165) is 13.1 Å². The molecule has 1 atom stereocenters. The molecule has 2 heterocycles. The molecule has 0 aromatic carbocycles. The smallest absolute Gasteiger partial charge is 0.211 e. The van der Waals surface area contributed by atoms with Crippen LogP contribution in [0.1, 0.15) is 0 Å². The molecule has 0 aromatic heterocycles. The van der Waals surface area contributed by atoms with Crippen LogP contribution in [0.25, 0.3) is 0 Å². The topological polar surface area (TPSA) is 57.4 Å². The maximum Gasteiger partial charge on any atom is 0.211 e. The van der Waals surface area contributed by atoms with Crippen LogP contribution in [-0.2, 0) is 4.74 Å². The molecule has 2 aliphatic heterocycles. The molecule has 1 saturated heterocycles. The van der Waals surface area contributed by atoms with E-state index in [0.29, 0.717) is 5.57 Å². The summed E-state index contributed by atoms with van der Waals surface area (Å²) in [7, 11) is 0. The molecule has 4 nitrogen and oxygen atoms in total. The number of rotatable bonds is 2. The Hall–Kier alpha value is -1.62. The predicted molar refractivity (Wildman–Crippen MR) is 51.5 cm³/mol. The van der Waals surface area contributed by atoms with Crippen LogP contribution in [0.4, 0.5) is 0 Å². The van der Waals surface area contributed by atoms with Gasteiger partial charge in [0.15, 0.2) is 0 Å². The van der Waals surface area contributed by atoms with Crippen LogP contribution in [0.5, 0.6) is 0 Å².